The summed E-state index contributed by atoms with van der Waals surface area (Å²) >= 11 is 0. The Kier molecular flexibility index (Phi) is 6.19. The van der Waals surface area contributed by atoms with E-state index in [2.05, 4.69) is 20.5 Å². The van der Waals surface area contributed by atoms with Crippen molar-refractivity contribution in [3.63, 3.8) is 0 Å². The number of carbonyl (C=O) groups excluding carboxylic acids is 1. The maximum Gasteiger partial charge on any atom is 0.315 e. The van der Waals surface area contributed by atoms with E-state index >= 15 is 0 Å². The molecule has 0 saturated carbocycles. The maximum absolute atomic E-state index is 11.7. The molecule has 0 aliphatic carbocycles. The molecule has 0 atom stereocenters. The van der Waals surface area contributed by atoms with Crippen LogP contribution in [0.2, 0.25) is 0 Å². The number of nitrogens with zero attached hydrogens (tertiary/aromatic N) is 2. The molecule has 1 aromatic rings. The van der Waals surface area contributed by atoms with Crippen molar-refractivity contribution in [1.29, 1.82) is 0 Å². The molecule has 1 fully saturated rings. The number of aryl methyl sites for hydroxylation is 1. The molecule has 0 unspecified atom stereocenters. The molecule has 1 aliphatic rings. The summed E-state index contributed by atoms with van der Waals surface area (Å²) in [6.45, 7) is 4.80. The molecule has 1 saturated heterocycles. The first-order valence-corrected chi connectivity index (χ1v) is 8.00. The molecule has 3 N–H and O–H groups in total. The highest BCUT2D eigenvalue weighted by molar-refractivity contribution is 5.74. The SMILES string of the molecule is Cc1cc(CNC(=O)NCCCC(=O)O)cc(N2CCCC2)n1. The molecule has 23 heavy (non-hydrogen) atoms. The molecular formula is C16H24N4O3. The van der Waals surface area contributed by atoms with Crippen LogP contribution in [0.1, 0.15) is 36.9 Å². The Morgan fingerprint density at radius 2 is 2.00 bits per heavy atom. The van der Waals surface area contributed by atoms with Crippen molar-refractivity contribution in [1.82, 2.24) is 15.6 Å². The van der Waals surface area contributed by atoms with E-state index in [-0.39, 0.29) is 12.5 Å². The number of hydrogen-bond donors (Lipinski definition) is 3. The van der Waals surface area contributed by atoms with Crippen LogP contribution in [-0.4, -0.2) is 41.7 Å². The zero-order chi connectivity index (χ0) is 16.7. The average Bonchev–Trinajstić information content (AvgIpc) is 3.03. The van der Waals surface area contributed by atoms with Gasteiger partial charge < -0.3 is 20.6 Å². The fourth-order valence-electron chi connectivity index (χ4n) is 2.62. The third-order valence-electron chi connectivity index (χ3n) is 3.74. The van der Waals surface area contributed by atoms with Crippen molar-refractivity contribution in [3.8, 4) is 0 Å². The monoisotopic (exact) mass is 320 g/mol. The van der Waals surface area contributed by atoms with E-state index in [1.807, 2.05) is 19.1 Å². The van der Waals surface area contributed by atoms with E-state index in [1.165, 1.54) is 12.8 Å². The Hall–Kier alpha value is -2.31. The van der Waals surface area contributed by atoms with E-state index in [0.717, 1.165) is 30.2 Å². The van der Waals surface area contributed by atoms with Gasteiger partial charge >= 0.3 is 12.0 Å². The molecule has 0 radical (unpaired) electrons. The third kappa shape index (κ3) is 5.77. The molecule has 2 amide bonds. The summed E-state index contributed by atoms with van der Waals surface area (Å²) in [5, 5.41) is 14.0. The number of carboxylic acids is 1. The van der Waals surface area contributed by atoms with E-state index in [0.29, 0.717) is 19.5 Å². The zero-order valence-corrected chi connectivity index (χ0v) is 13.5. The van der Waals surface area contributed by atoms with E-state index in [1.54, 1.807) is 0 Å². The lowest BCUT2D eigenvalue weighted by Gasteiger charge is -2.18. The molecule has 1 aromatic heterocycles. The molecule has 0 bridgehead atoms. The number of aromatic nitrogens is 1. The van der Waals surface area contributed by atoms with Crippen LogP contribution in [0.5, 0.6) is 0 Å². The molecule has 7 heteroatoms. The normalized spacial score (nSPS) is 13.9. The summed E-state index contributed by atoms with van der Waals surface area (Å²) in [4.78, 5) is 28.9. The van der Waals surface area contributed by atoms with E-state index < -0.39 is 5.97 Å². The Balaban J connectivity index is 1.80. The second kappa shape index (κ2) is 8.36. The summed E-state index contributed by atoms with van der Waals surface area (Å²) in [7, 11) is 0. The molecule has 1 aliphatic heterocycles. The van der Waals surface area contributed by atoms with Gasteiger partial charge in [0.05, 0.1) is 0 Å². The van der Waals surface area contributed by atoms with Crippen LogP contribution in [-0.2, 0) is 11.3 Å². The number of urea groups is 1. The maximum atomic E-state index is 11.7. The predicted octanol–water partition coefficient (Wildman–Crippen LogP) is 1.65. The highest BCUT2D eigenvalue weighted by Crippen LogP contribution is 2.19. The van der Waals surface area contributed by atoms with Crippen molar-refractivity contribution in [2.45, 2.75) is 39.2 Å². The van der Waals surface area contributed by atoms with Gasteiger partial charge in [0.15, 0.2) is 0 Å². The van der Waals surface area contributed by atoms with Crippen molar-refractivity contribution in [3.05, 3.63) is 23.4 Å². The van der Waals surface area contributed by atoms with Crippen LogP contribution in [0.15, 0.2) is 12.1 Å². The largest absolute Gasteiger partial charge is 0.481 e. The number of nitrogens with one attached hydrogen (secondary N) is 2. The quantitative estimate of drug-likeness (QED) is 0.664. The van der Waals surface area contributed by atoms with Gasteiger partial charge in [0.25, 0.3) is 0 Å². The minimum atomic E-state index is -0.853. The molecule has 126 valence electrons. The number of anilines is 1. The average molecular weight is 320 g/mol. The summed E-state index contributed by atoms with van der Waals surface area (Å²) in [5.41, 5.74) is 1.95. The van der Waals surface area contributed by atoms with Crippen molar-refractivity contribution in [2.75, 3.05) is 24.5 Å². The van der Waals surface area contributed by atoms with E-state index in [9.17, 15) is 9.59 Å². The first-order valence-electron chi connectivity index (χ1n) is 8.00. The van der Waals surface area contributed by atoms with Gasteiger partial charge in [-0.3, -0.25) is 4.79 Å². The fraction of sp³-hybridized carbons (Fsp3) is 0.562. The Labute approximate surface area is 136 Å². The third-order valence-corrected chi connectivity index (χ3v) is 3.74. The molecule has 7 nitrogen and oxygen atoms in total. The van der Waals surface area contributed by atoms with Gasteiger partial charge in [0.2, 0.25) is 0 Å². The Bertz CT molecular complexity index is 556. The number of carbonyl (C=O) groups is 2. The lowest BCUT2D eigenvalue weighted by atomic mass is 10.2. The molecule has 2 heterocycles. The van der Waals surface area contributed by atoms with Crippen LogP contribution in [0.3, 0.4) is 0 Å². The second-order valence-corrected chi connectivity index (χ2v) is 5.78. The van der Waals surface area contributed by atoms with Gasteiger partial charge in [-0.25, -0.2) is 9.78 Å². The molecule has 0 spiro atoms. The van der Waals surface area contributed by atoms with Crippen molar-refractivity contribution in [2.24, 2.45) is 0 Å². The van der Waals surface area contributed by atoms with Crippen LogP contribution in [0.4, 0.5) is 10.6 Å². The Morgan fingerprint density at radius 1 is 1.26 bits per heavy atom. The zero-order valence-electron chi connectivity index (χ0n) is 13.5. The number of pyridine rings is 1. The van der Waals surface area contributed by atoms with Gasteiger partial charge in [-0.15, -0.1) is 0 Å². The molecule has 0 aromatic carbocycles. The highest BCUT2D eigenvalue weighted by atomic mass is 16.4. The highest BCUT2D eigenvalue weighted by Gasteiger charge is 2.14. The second-order valence-electron chi connectivity index (χ2n) is 5.78. The van der Waals surface area contributed by atoms with E-state index in [4.69, 9.17) is 5.11 Å². The van der Waals surface area contributed by atoms with Crippen LogP contribution in [0.25, 0.3) is 0 Å². The number of aliphatic carboxylic acids is 1. The minimum Gasteiger partial charge on any atom is -0.481 e. The first-order chi connectivity index (χ1) is 11.0. The standard InChI is InChI=1S/C16H24N4O3/c1-12-9-13(10-14(19-12)20-7-2-3-8-20)11-18-16(23)17-6-4-5-15(21)22/h9-10H,2-8,11H2,1H3,(H,21,22)(H2,17,18,23). The summed E-state index contributed by atoms with van der Waals surface area (Å²) in [5.74, 6) is 0.120. The van der Waals surface area contributed by atoms with Gasteiger partial charge in [-0.05, 0) is 43.9 Å². The number of amides is 2. The number of hydrogen-bond acceptors (Lipinski definition) is 4. The molecule has 2 rings (SSSR count). The van der Waals surface area contributed by atoms with Crippen LogP contribution < -0.4 is 15.5 Å². The first kappa shape index (κ1) is 17.1. The molecular weight excluding hydrogens is 296 g/mol. The van der Waals surface area contributed by atoms with Gasteiger partial charge in [-0.2, -0.15) is 0 Å². The van der Waals surface area contributed by atoms with Crippen LogP contribution >= 0.6 is 0 Å². The smallest absolute Gasteiger partial charge is 0.315 e. The fourth-order valence-corrected chi connectivity index (χ4v) is 2.62. The number of carboxylic acid groups (broad SMARTS) is 1. The summed E-state index contributed by atoms with van der Waals surface area (Å²) < 4.78 is 0. The summed E-state index contributed by atoms with van der Waals surface area (Å²) in [6.07, 6.45) is 2.88. The van der Waals surface area contributed by atoms with Gasteiger partial charge in [-0.1, -0.05) is 0 Å². The van der Waals surface area contributed by atoms with Gasteiger partial charge in [0, 0.05) is 38.3 Å². The van der Waals surface area contributed by atoms with Crippen molar-refractivity contribution < 1.29 is 14.7 Å². The van der Waals surface area contributed by atoms with Crippen molar-refractivity contribution >= 4 is 17.8 Å². The summed E-state index contributed by atoms with van der Waals surface area (Å²) in [6, 6.07) is 3.69. The predicted molar refractivity (Wildman–Crippen MR) is 87.5 cm³/mol. The minimum absolute atomic E-state index is 0.0586. The Morgan fingerprint density at radius 3 is 2.70 bits per heavy atom. The lowest BCUT2D eigenvalue weighted by molar-refractivity contribution is -0.137. The van der Waals surface area contributed by atoms with Gasteiger partial charge in [0.1, 0.15) is 5.82 Å². The topological polar surface area (TPSA) is 94.6 Å². The lowest BCUT2D eigenvalue weighted by Crippen LogP contribution is -2.35. The number of rotatable bonds is 7. The van der Waals surface area contributed by atoms with Crippen LogP contribution in [0, 0.1) is 6.92 Å².